The van der Waals surface area contributed by atoms with E-state index in [0.717, 1.165) is 0 Å². The number of aromatic nitrogens is 2. The fourth-order valence-electron chi connectivity index (χ4n) is 0.517. The smallest absolute Gasteiger partial charge is 0.286 e. The molecule has 3 heteroatoms. The van der Waals surface area contributed by atoms with Crippen LogP contribution in [0.1, 0.15) is 17.5 Å². The van der Waals surface area contributed by atoms with E-state index in [1.165, 1.54) is 6.92 Å². The maximum atomic E-state index is 10.6. The molecule has 0 bridgehead atoms. The van der Waals surface area contributed by atoms with E-state index >= 15 is 0 Å². The third-order valence-corrected chi connectivity index (χ3v) is 0.939. The Bertz CT molecular complexity index is 208. The molecule has 0 aliphatic rings. The number of H-pyrrole nitrogens is 1. The van der Waals surface area contributed by atoms with Gasteiger partial charge in [-0.25, -0.2) is 4.98 Å². The van der Waals surface area contributed by atoms with Gasteiger partial charge < -0.3 is 0 Å². The van der Waals surface area contributed by atoms with Crippen LogP contribution < -0.4 is 4.98 Å². The lowest BCUT2D eigenvalue weighted by Crippen LogP contribution is -2.15. The van der Waals surface area contributed by atoms with Crippen LogP contribution in [-0.2, 0) is 0 Å². The number of rotatable bonds is 1. The van der Waals surface area contributed by atoms with Crippen LogP contribution in [-0.4, -0.2) is 10.8 Å². The molecule has 0 unspecified atom stereocenters. The van der Waals surface area contributed by atoms with E-state index in [2.05, 4.69) is 9.97 Å². The second-order valence-electron chi connectivity index (χ2n) is 1.69. The van der Waals surface area contributed by atoms with Crippen molar-refractivity contribution in [3.63, 3.8) is 0 Å². The second kappa shape index (κ2) is 2.35. The fourth-order valence-corrected chi connectivity index (χ4v) is 0.517. The van der Waals surface area contributed by atoms with E-state index < -0.39 is 0 Å². The summed E-state index contributed by atoms with van der Waals surface area (Å²) in [4.78, 5) is 17.0. The summed E-state index contributed by atoms with van der Waals surface area (Å²) < 4.78 is 0. The molecule has 0 fully saturated rings. The van der Waals surface area contributed by atoms with E-state index in [-0.39, 0.29) is 5.78 Å². The average Bonchev–Trinajstić information content (AvgIpc) is 1.90. The van der Waals surface area contributed by atoms with Gasteiger partial charge in [-0.3, -0.25) is 4.79 Å². The molecule has 1 rings (SSSR count). The lowest BCUT2D eigenvalue weighted by Gasteiger charge is -1.78. The largest absolute Gasteiger partial charge is 0.363 e. The molecule has 1 N–H and O–H groups in total. The van der Waals surface area contributed by atoms with Gasteiger partial charge in [0.05, 0.1) is 6.20 Å². The van der Waals surface area contributed by atoms with Crippen molar-refractivity contribution >= 4 is 5.78 Å². The summed E-state index contributed by atoms with van der Waals surface area (Å²) in [6, 6.07) is 1.73. The van der Waals surface area contributed by atoms with Crippen molar-refractivity contribution < 1.29 is 9.78 Å². The first-order valence-electron chi connectivity index (χ1n) is 2.64. The fraction of sp³-hybridized carbons (Fsp3) is 0.167. The first-order chi connectivity index (χ1) is 4.30. The van der Waals surface area contributed by atoms with Gasteiger partial charge >= 0.3 is 5.82 Å². The number of nitrogens with zero attached hydrogens (tertiary/aromatic N) is 1. The molecule has 3 nitrogen and oxygen atoms in total. The second-order valence-corrected chi connectivity index (χ2v) is 1.69. The molecule has 0 aromatic carbocycles. The Labute approximate surface area is 52.8 Å². The Kier molecular flexibility index (Phi) is 1.53. The zero-order valence-electron chi connectivity index (χ0n) is 5.09. The number of aromatic amines is 1. The Morgan fingerprint density at radius 3 is 2.89 bits per heavy atom. The highest BCUT2D eigenvalue weighted by molar-refractivity contribution is 5.88. The minimum atomic E-state index is -0.0457. The molecule has 0 radical (unpaired) electrons. The van der Waals surface area contributed by atoms with E-state index in [1.807, 2.05) is 0 Å². The molecule has 0 atom stereocenters. The molecular formula is C6H7N2O+. The van der Waals surface area contributed by atoms with Crippen molar-refractivity contribution in [2.75, 3.05) is 0 Å². The van der Waals surface area contributed by atoms with E-state index in [4.69, 9.17) is 0 Å². The van der Waals surface area contributed by atoms with Gasteiger partial charge in [-0.15, -0.1) is 0 Å². The molecule has 0 amide bonds. The van der Waals surface area contributed by atoms with E-state index in [0.29, 0.717) is 5.82 Å². The minimum absolute atomic E-state index is 0.0457. The van der Waals surface area contributed by atoms with Gasteiger partial charge in [0.2, 0.25) is 5.78 Å². The molecule has 0 saturated carbocycles. The molecular weight excluding hydrogens is 116 g/mol. The number of hydrogen-bond acceptors (Lipinski definition) is 2. The predicted octanol–water partition coefficient (Wildman–Crippen LogP) is 0.0983. The molecule has 0 spiro atoms. The number of ketones is 1. The van der Waals surface area contributed by atoms with Crippen LogP contribution in [0.25, 0.3) is 0 Å². The van der Waals surface area contributed by atoms with Crippen LogP contribution in [0.5, 0.6) is 0 Å². The van der Waals surface area contributed by atoms with Crippen LogP contribution in [0, 0.1) is 0 Å². The number of nitrogens with one attached hydrogen (secondary N) is 1. The zero-order valence-corrected chi connectivity index (χ0v) is 5.09. The van der Waals surface area contributed by atoms with Gasteiger partial charge in [-0.1, -0.05) is 0 Å². The predicted molar refractivity (Wildman–Crippen MR) is 30.8 cm³/mol. The zero-order chi connectivity index (χ0) is 6.69. The Morgan fingerprint density at radius 2 is 2.56 bits per heavy atom. The lowest BCUT2D eigenvalue weighted by molar-refractivity contribution is -0.386. The van der Waals surface area contributed by atoms with Crippen LogP contribution in [0.4, 0.5) is 0 Å². The lowest BCUT2D eigenvalue weighted by atomic mass is 10.4. The van der Waals surface area contributed by atoms with Crippen molar-refractivity contribution in [3.05, 3.63) is 24.3 Å². The molecule has 1 aromatic heterocycles. The van der Waals surface area contributed by atoms with E-state index in [9.17, 15) is 4.79 Å². The van der Waals surface area contributed by atoms with Crippen molar-refractivity contribution in [3.8, 4) is 0 Å². The van der Waals surface area contributed by atoms with Gasteiger partial charge in [0.15, 0.2) is 0 Å². The summed E-state index contributed by atoms with van der Waals surface area (Å²) in [6.07, 6.45) is 3.25. The quantitative estimate of drug-likeness (QED) is 0.497. The van der Waals surface area contributed by atoms with Gasteiger partial charge in [0.1, 0.15) is 6.20 Å². The highest BCUT2D eigenvalue weighted by atomic mass is 16.1. The third-order valence-electron chi connectivity index (χ3n) is 0.939. The first kappa shape index (κ1) is 5.88. The molecule has 46 valence electrons. The van der Waals surface area contributed by atoms with Gasteiger partial charge in [0.25, 0.3) is 0 Å². The number of carbonyl (C=O) groups is 1. The van der Waals surface area contributed by atoms with Crippen LogP contribution in [0.15, 0.2) is 18.5 Å². The standard InChI is InChI=1S/C6H6N2O/c1-5(9)6-7-3-2-4-8-6/h2-4H,1H3/p+1. The van der Waals surface area contributed by atoms with Crippen LogP contribution in [0.2, 0.25) is 0 Å². The maximum Gasteiger partial charge on any atom is 0.363 e. The molecule has 0 aliphatic carbocycles. The van der Waals surface area contributed by atoms with Crippen molar-refractivity contribution in [2.24, 2.45) is 0 Å². The summed E-state index contributed by atoms with van der Waals surface area (Å²) in [6.45, 7) is 1.47. The van der Waals surface area contributed by atoms with Crippen LogP contribution >= 0.6 is 0 Å². The molecule has 0 saturated heterocycles. The number of carbonyl (C=O) groups excluding carboxylic acids is 1. The van der Waals surface area contributed by atoms with Crippen LogP contribution in [0.3, 0.4) is 0 Å². The molecule has 0 aliphatic heterocycles. The van der Waals surface area contributed by atoms with Crippen molar-refractivity contribution in [1.29, 1.82) is 0 Å². The Morgan fingerprint density at radius 1 is 1.78 bits per heavy atom. The summed E-state index contributed by atoms with van der Waals surface area (Å²) >= 11 is 0. The summed E-state index contributed by atoms with van der Waals surface area (Å²) in [5.41, 5.74) is 0. The van der Waals surface area contributed by atoms with Crippen molar-refractivity contribution in [2.45, 2.75) is 6.92 Å². The van der Waals surface area contributed by atoms with Crippen molar-refractivity contribution in [1.82, 2.24) is 4.98 Å². The normalized spacial score (nSPS) is 9.00. The maximum absolute atomic E-state index is 10.6. The van der Waals surface area contributed by atoms with Gasteiger partial charge in [-0.05, 0) is 4.98 Å². The first-order valence-corrected chi connectivity index (χ1v) is 2.64. The number of Topliss-reactive ketones (excluding diaryl/α,β-unsaturated/α-hetero) is 1. The van der Waals surface area contributed by atoms with E-state index in [1.54, 1.807) is 18.5 Å². The number of hydrogen-bond donors (Lipinski definition) is 0. The monoisotopic (exact) mass is 123 g/mol. The summed E-state index contributed by atoms with van der Waals surface area (Å²) in [5.74, 6) is 0.355. The molecule has 9 heavy (non-hydrogen) atoms. The Hall–Kier alpha value is -1.25. The highest BCUT2D eigenvalue weighted by Gasteiger charge is 2.06. The highest BCUT2D eigenvalue weighted by Crippen LogP contribution is 1.80. The van der Waals surface area contributed by atoms with Gasteiger partial charge in [0, 0.05) is 13.0 Å². The summed E-state index contributed by atoms with van der Waals surface area (Å²) in [7, 11) is 0. The summed E-state index contributed by atoms with van der Waals surface area (Å²) in [5, 5.41) is 0. The topological polar surface area (TPSA) is 44.1 Å². The minimum Gasteiger partial charge on any atom is -0.286 e. The molecule has 1 heterocycles. The third kappa shape index (κ3) is 1.32. The average molecular weight is 123 g/mol. The molecule has 1 aromatic rings. The Balaban J connectivity index is 2.98. The van der Waals surface area contributed by atoms with Gasteiger partial charge in [-0.2, -0.15) is 0 Å². The SMILES string of the molecule is CC(=O)c1nccc[nH+]1.